The van der Waals surface area contributed by atoms with E-state index in [1.807, 2.05) is 6.07 Å². The number of carbonyl (C=O) groups excluding carboxylic acids is 1. The molecule has 1 atom stereocenters. The van der Waals surface area contributed by atoms with Gasteiger partial charge in [-0.1, -0.05) is 18.2 Å². The van der Waals surface area contributed by atoms with Crippen molar-refractivity contribution in [2.45, 2.75) is 51.7 Å². The van der Waals surface area contributed by atoms with E-state index in [0.29, 0.717) is 6.04 Å². The summed E-state index contributed by atoms with van der Waals surface area (Å²) in [5.41, 5.74) is 4.55. The van der Waals surface area contributed by atoms with Crippen LogP contribution in [0, 0.1) is 19.8 Å². The number of fused-ring (bicyclic) bond motifs is 1. The van der Waals surface area contributed by atoms with Gasteiger partial charge in [0.05, 0.1) is 11.2 Å². The van der Waals surface area contributed by atoms with Gasteiger partial charge in [-0.05, 0) is 57.1 Å². The zero-order valence-corrected chi connectivity index (χ0v) is 15.5. The number of hydrogen-bond donors (Lipinski definition) is 2. The van der Waals surface area contributed by atoms with Gasteiger partial charge in [0, 0.05) is 30.2 Å². The molecule has 1 saturated carbocycles. The normalized spacial score (nSPS) is 19.6. The van der Waals surface area contributed by atoms with Gasteiger partial charge in [-0.25, -0.2) is 0 Å². The zero-order chi connectivity index (χ0) is 18.3. The van der Waals surface area contributed by atoms with E-state index in [4.69, 9.17) is 4.98 Å². The van der Waals surface area contributed by atoms with Crippen LogP contribution in [0.4, 0.5) is 5.69 Å². The summed E-state index contributed by atoms with van der Waals surface area (Å²) < 4.78 is 0. The molecule has 2 aromatic rings. The summed E-state index contributed by atoms with van der Waals surface area (Å²) in [7, 11) is 0. The first-order valence-electron chi connectivity index (χ1n) is 9.64. The van der Waals surface area contributed by atoms with Crippen LogP contribution < -0.4 is 10.2 Å². The van der Waals surface area contributed by atoms with Gasteiger partial charge in [0.1, 0.15) is 6.10 Å². The largest absolute Gasteiger partial charge is 0.383 e. The second-order valence-corrected chi connectivity index (χ2v) is 7.74. The molecular formula is C21H27N3O2. The Balaban J connectivity index is 1.50. The highest BCUT2D eigenvalue weighted by molar-refractivity contribution is 5.94. The summed E-state index contributed by atoms with van der Waals surface area (Å²) >= 11 is 0. The Morgan fingerprint density at radius 2 is 1.88 bits per heavy atom. The number of anilines is 1. The van der Waals surface area contributed by atoms with E-state index in [0.717, 1.165) is 50.0 Å². The van der Waals surface area contributed by atoms with E-state index < -0.39 is 6.10 Å². The van der Waals surface area contributed by atoms with Crippen molar-refractivity contribution in [3.05, 3.63) is 35.5 Å². The highest BCUT2D eigenvalue weighted by Gasteiger charge is 2.33. The lowest BCUT2D eigenvalue weighted by Crippen LogP contribution is -2.45. The molecule has 2 N–H and O–H groups in total. The number of hydrogen-bond acceptors (Lipinski definition) is 4. The van der Waals surface area contributed by atoms with Crippen molar-refractivity contribution in [1.29, 1.82) is 0 Å². The average Bonchev–Trinajstić information content (AvgIpc) is 3.46. The summed E-state index contributed by atoms with van der Waals surface area (Å²) in [6.07, 6.45) is 2.87. The fourth-order valence-electron chi connectivity index (χ4n) is 3.98. The summed E-state index contributed by atoms with van der Waals surface area (Å²) in [5.74, 6) is -0.146. The Bertz CT molecular complexity index is 823. The lowest BCUT2D eigenvalue weighted by Gasteiger charge is -2.36. The van der Waals surface area contributed by atoms with Crippen molar-refractivity contribution in [2.24, 2.45) is 5.92 Å². The van der Waals surface area contributed by atoms with Crippen LogP contribution in [0.1, 0.15) is 36.9 Å². The first-order chi connectivity index (χ1) is 12.5. The zero-order valence-electron chi connectivity index (χ0n) is 15.5. The van der Waals surface area contributed by atoms with Crippen molar-refractivity contribution in [3.8, 4) is 0 Å². The molecule has 2 aliphatic rings. The lowest BCUT2D eigenvalue weighted by molar-refractivity contribution is -0.132. The van der Waals surface area contributed by atoms with Crippen LogP contribution in [0.25, 0.3) is 10.9 Å². The number of benzene rings is 1. The number of para-hydroxylation sites is 1. The maximum atomic E-state index is 12.1. The quantitative estimate of drug-likeness (QED) is 0.887. The summed E-state index contributed by atoms with van der Waals surface area (Å²) in [4.78, 5) is 19.2. The minimum absolute atomic E-state index is 0.0412. The molecule has 0 spiro atoms. The predicted octanol–water partition coefficient (Wildman–Crippen LogP) is 2.71. The van der Waals surface area contributed by atoms with Crippen molar-refractivity contribution < 1.29 is 9.90 Å². The number of amides is 1. The molecular weight excluding hydrogens is 326 g/mol. The van der Waals surface area contributed by atoms with Crippen LogP contribution in [0.15, 0.2) is 24.3 Å². The Morgan fingerprint density at radius 3 is 2.58 bits per heavy atom. The lowest BCUT2D eigenvalue weighted by atomic mass is 9.90. The van der Waals surface area contributed by atoms with E-state index in [1.54, 1.807) is 0 Å². The maximum absolute atomic E-state index is 12.1. The number of nitrogens with zero attached hydrogens (tertiary/aromatic N) is 2. The molecule has 4 rings (SSSR count). The molecule has 2 fully saturated rings. The van der Waals surface area contributed by atoms with Gasteiger partial charge in [-0.15, -0.1) is 0 Å². The number of pyridine rings is 1. The smallest absolute Gasteiger partial charge is 0.249 e. The van der Waals surface area contributed by atoms with Crippen molar-refractivity contribution in [3.63, 3.8) is 0 Å². The fourth-order valence-corrected chi connectivity index (χ4v) is 3.98. The van der Waals surface area contributed by atoms with Crippen LogP contribution in [0.5, 0.6) is 0 Å². The summed E-state index contributed by atoms with van der Waals surface area (Å²) in [5, 5.41) is 14.5. The number of nitrogens with one attached hydrogen (secondary N) is 1. The van der Waals surface area contributed by atoms with E-state index in [1.165, 1.54) is 16.6 Å². The van der Waals surface area contributed by atoms with Crippen LogP contribution in [-0.4, -0.2) is 41.2 Å². The van der Waals surface area contributed by atoms with Gasteiger partial charge in [0.25, 0.3) is 0 Å². The van der Waals surface area contributed by atoms with E-state index in [2.05, 4.69) is 42.3 Å². The Labute approximate surface area is 154 Å². The van der Waals surface area contributed by atoms with Gasteiger partial charge < -0.3 is 15.3 Å². The van der Waals surface area contributed by atoms with Crippen molar-refractivity contribution in [2.75, 3.05) is 18.0 Å². The SMILES string of the molecule is Cc1nc2ccccc2c(N2CCC(C(O)C(=O)NC3CC3)CC2)c1C. The van der Waals surface area contributed by atoms with Crippen LogP contribution in [0.3, 0.4) is 0 Å². The molecule has 1 aromatic heterocycles. The standard InChI is InChI=1S/C21H27N3O2/c1-13-14(2)22-18-6-4-3-5-17(18)19(13)24-11-9-15(10-12-24)20(25)21(26)23-16-7-8-16/h3-6,15-16,20,25H,7-12H2,1-2H3,(H,23,26). The number of rotatable bonds is 4. The molecule has 0 radical (unpaired) electrons. The molecule has 5 heteroatoms. The summed E-state index contributed by atoms with van der Waals surface area (Å²) in [6.45, 7) is 5.90. The number of aromatic nitrogens is 1. The second-order valence-electron chi connectivity index (χ2n) is 7.74. The number of carbonyl (C=O) groups is 1. The fraction of sp³-hybridized carbons (Fsp3) is 0.524. The maximum Gasteiger partial charge on any atom is 0.249 e. The first-order valence-corrected chi connectivity index (χ1v) is 9.64. The van der Waals surface area contributed by atoms with Gasteiger partial charge in [-0.3, -0.25) is 9.78 Å². The third-order valence-corrected chi connectivity index (χ3v) is 5.84. The first kappa shape index (κ1) is 17.3. The molecule has 2 heterocycles. The molecule has 1 amide bonds. The number of piperidine rings is 1. The van der Waals surface area contributed by atoms with Crippen LogP contribution >= 0.6 is 0 Å². The van der Waals surface area contributed by atoms with Gasteiger partial charge in [0.2, 0.25) is 5.91 Å². The Morgan fingerprint density at radius 1 is 1.19 bits per heavy atom. The third-order valence-electron chi connectivity index (χ3n) is 5.84. The topological polar surface area (TPSA) is 65.5 Å². The van der Waals surface area contributed by atoms with Gasteiger partial charge in [0.15, 0.2) is 0 Å². The van der Waals surface area contributed by atoms with Crippen molar-refractivity contribution >= 4 is 22.5 Å². The van der Waals surface area contributed by atoms with Gasteiger partial charge in [-0.2, -0.15) is 0 Å². The number of aliphatic hydroxyl groups is 1. The molecule has 1 aliphatic heterocycles. The third kappa shape index (κ3) is 3.28. The van der Waals surface area contributed by atoms with E-state index >= 15 is 0 Å². The molecule has 1 saturated heterocycles. The van der Waals surface area contributed by atoms with Crippen LogP contribution in [0.2, 0.25) is 0 Å². The van der Waals surface area contributed by atoms with E-state index in [-0.39, 0.29) is 11.8 Å². The Kier molecular flexibility index (Phi) is 4.57. The van der Waals surface area contributed by atoms with Crippen LogP contribution in [-0.2, 0) is 4.79 Å². The molecule has 1 aliphatic carbocycles. The highest BCUT2D eigenvalue weighted by Crippen LogP contribution is 2.34. The van der Waals surface area contributed by atoms with Gasteiger partial charge >= 0.3 is 0 Å². The predicted molar refractivity (Wildman–Crippen MR) is 103 cm³/mol. The molecule has 26 heavy (non-hydrogen) atoms. The number of aliphatic hydroxyl groups excluding tert-OH is 1. The molecule has 0 bridgehead atoms. The van der Waals surface area contributed by atoms with Crippen molar-refractivity contribution in [1.82, 2.24) is 10.3 Å². The minimum atomic E-state index is -0.880. The second kappa shape index (κ2) is 6.88. The molecule has 1 aromatic carbocycles. The monoisotopic (exact) mass is 353 g/mol. The molecule has 5 nitrogen and oxygen atoms in total. The Hall–Kier alpha value is -2.14. The molecule has 138 valence electrons. The highest BCUT2D eigenvalue weighted by atomic mass is 16.3. The van der Waals surface area contributed by atoms with E-state index in [9.17, 15) is 9.90 Å². The average molecular weight is 353 g/mol. The molecule has 1 unspecified atom stereocenters. The minimum Gasteiger partial charge on any atom is -0.383 e. The number of aryl methyl sites for hydroxylation is 1. The summed E-state index contributed by atoms with van der Waals surface area (Å²) in [6, 6.07) is 8.57.